The van der Waals surface area contributed by atoms with Gasteiger partial charge in [0.05, 0.1) is 0 Å². The zero-order valence-electron chi connectivity index (χ0n) is 11.4. The quantitative estimate of drug-likeness (QED) is 0.654. The van der Waals surface area contributed by atoms with Crippen molar-refractivity contribution < 1.29 is 14.5 Å². The van der Waals surface area contributed by atoms with Crippen LogP contribution in [0.3, 0.4) is 0 Å². The van der Waals surface area contributed by atoms with E-state index in [1.165, 1.54) is 0 Å². The summed E-state index contributed by atoms with van der Waals surface area (Å²) in [5.74, 6) is -0.999. The molecule has 0 saturated heterocycles. The van der Waals surface area contributed by atoms with E-state index in [9.17, 15) is 9.90 Å². The van der Waals surface area contributed by atoms with Crippen LogP contribution in [0.1, 0.15) is 50.8 Å². The van der Waals surface area contributed by atoms with Crippen molar-refractivity contribution in [1.29, 1.82) is 0 Å². The minimum Gasteiger partial charge on any atom is -0.550 e. The summed E-state index contributed by atoms with van der Waals surface area (Å²) in [5.41, 5.74) is 2.07. The molecule has 3 nitrogen and oxygen atoms in total. The Balaban J connectivity index is 2.95. The molecule has 1 aromatic rings. The predicted octanol–water partition coefficient (Wildman–Crippen LogP) is 1.41. The first-order chi connectivity index (χ1) is 8.69. The summed E-state index contributed by atoms with van der Waals surface area (Å²) in [6, 6.07) is 3.84. The van der Waals surface area contributed by atoms with Gasteiger partial charge in [-0.3, -0.25) is 0 Å². The highest BCUT2D eigenvalue weighted by Gasteiger charge is 2.15. The van der Waals surface area contributed by atoms with Gasteiger partial charge in [-0.15, -0.1) is 0 Å². The number of hydrogen-bond acceptors (Lipinski definition) is 2. The van der Waals surface area contributed by atoms with E-state index in [0.717, 1.165) is 49.9 Å². The molecular weight excluding hydrogens is 226 g/mol. The molecule has 0 radical (unpaired) electrons. The second kappa shape index (κ2) is 7.85. The Kier molecular flexibility index (Phi) is 6.40. The van der Waals surface area contributed by atoms with Crippen molar-refractivity contribution in [1.82, 2.24) is 0 Å². The number of aryl methyl sites for hydroxylation is 1. The lowest BCUT2D eigenvalue weighted by Crippen LogP contribution is -2.40. The summed E-state index contributed by atoms with van der Waals surface area (Å²) in [5, 5.41) is 10.8. The SMILES string of the molecule is CCCCc1c(CC(=O)[O-])ccc[n+]1CCCC. The number of aliphatic carboxylic acids is 1. The first-order valence-corrected chi connectivity index (χ1v) is 6.89. The molecule has 0 aliphatic rings. The van der Waals surface area contributed by atoms with Crippen LogP contribution in [0, 0.1) is 0 Å². The summed E-state index contributed by atoms with van der Waals surface area (Å²) < 4.78 is 2.21. The second-order valence-corrected chi connectivity index (χ2v) is 4.68. The summed E-state index contributed by atoms with van der Waals surface area (Å²) in [6.45, 7) is 5.28. The Morgan fingerprint density at radius 3 is 2.61 bits per heavy atom. The van der Waals surface area contributed by atoms with E-state index in [2.05, 4.69) is 24.6 Å². The molecule has 3 heteroatoms. The van der Waals surface area contributed by atoms with Crippen molar-refractivity contribution in [3.05, 3.63) is 29.6 Å². The van der Waals surface area contributed by atoms with E-state index in [1.54, 1.807) is 0 Å². The lowest BCUT2D eigenvalue weighted by atomic mass is 10.0. The van der Waals surface area contributed by atoms with Crippen molar-refractivity contribution in [3.8, 4) is 0 Å². The van der Waals surface area contributed by atoms with Gasteiger partial charge in [-0.1, -0.05) is 26.7 Å². The number of carbonyl (C=O) groups excluding carboxylic acids is 1. The number of aromatic nitrogens is 1. The van der Waals surface area contributed by atoms with Crippen LogP contribution in [0.5, 0.6) is 0 Å². The van der Waals surface area contributed by atoms with Gasteiger partial charge in [0.2, 0.25) is 0 Å². The third kappa shape index (κ3) is 4.47. The molecule has 0 aliphatic heterocycles. The molecular formula is C15H23NO2. The number of nitrogens with zero attached hydrogens (tertiary/aromatic N) is 1. The number of carboxylic acids is 1. The Hall–Kier alpha value is -1.38. The van der Waals surface area contributed by atoms with Crippen molar-refractivity contribution >= 4 is 5.97 Å². The van der Waals surface area contributed by atoms with Crippen molar-refractivity contribution in [2.45, 2.75) is 58.9 Å². The Morgan fingerprint density at radius 2 is 2.00 bits per heavy atom. The fourth-order valence-electron chi connectivity index (χ4n) is 2.14. The van der Waals surface area contributed by atoms with Crippen LogP contribution < -0.4 is 9.67 Å². The zero-order chi connectivity index (χ0) is 13.4. The van der Waals surface area contributed by atoms with E-state index in [0.29, 0.717) is 0 Å². The summed E-state index contributed by atoms with van der Waals surface area (Å²) in [4.78, 5) is 10.8. The summed E-state index contributed by atoms with van der Waals surface area (Å²) in [7, 11) is 0. The van der Waals surface area contributed by atoms with Crippen molar-refractivity contribution in [2.24, 2.45) is 0 Å². The van der Waals surface area contributed by atoms with Gasteiger partial charge < -0.3 is 9.90 Å². The fraction of sp³-hybridized carbons (Fsp3) is 0.600. The molecule has 0 atom stereocenters. The Bertz CT molecular complexity index is 388. The largest absolute Gasteiger partial charge is 0.550 e. The van der Waals surface area contributed by atoms with E-state index in [4.69, 9.17) is 0 Å². The molecule has 0 N–H and O–H groups in total. The normalized spacial score (nSPS) is 10.6. The maximum absolute atomic E-state index is 10.8. The number of unbranched alkanes of at least 4 members (excludes halogenated alkanes) is 2. The van der Waals surface area contributed by atoms with E-state index in [-0.39, 0.29) is 6.42 Å². The molecule has 0 unspecified atom stereocenters. The van der Waals surface area contributed by atoms with Crippen LogP contribution >= 0.6 is 0 Å². The summed E-state index contributed by atoms with van der Waals surface area (Å²) >= 11 is 0. The third-order valence-electron chi connectivity index (χ3n) is 3.14. The van der Waals surface area contributed by atoms with Gasteiger partial charge in [-0.25, -0.2) is 4.57 Å². The minimum absolute atomic E-state index is 0.0199. The van der Waals surface area contributed by atoms with Crippen LogP contribution in [-0.4, -0.2) is 5.97 Å². The standard InChI is InChI=1S/C15H23NO2/c1-3-5-9-14-13(12-15(17)18)8-7-11-16(14)10-6-4-2/h7-8,11H,3-6,9-10,12H2,1-2H3. The number of hydrogen-bond donors (Lipinski definition) is 0. The molecule has 100 valence electrons. The van der Waals surface area contributed by atoms with E-state index < -0.39 is 5.97 Å². The maximum Gasteiger partial charge on any atom is 0.184 e. The third-order valence-corrected chi connectivity index (χ3v) is 3.14. The number of carboxylic acid groups (broad SMARTS) is 1. The minimum atomic E-state index is -0.999. The van der Waals surface area contributed by atoms with Crippen LogP contribution in [-0.2, 0) is 24.2 Å². The zero-order valence-corrected chi connectivity index (χ0v) is 11.4. The van der Waals surface area contributed by atoms with Crippen molar-refractivity contribution in [3.63, 3.8) is 0 Å². The van der Waals surface area contributed by atoms with Gasteiger partial charge >= 0.3 is 0 Å². The lowest BCUT2D eigenvalue weighted by molar-refractivity contribution is -0.705. The average Bonchev–Trinajstić information content (AvgIpc) is 2.34. The fourth-order valence-corrected chi connectivity index (χ4v) is 2.14. The lowest BCUT2D eigenvalue weighted by Gasteiger charge is -2.09. The average molecular weight is 249 g/mol. The first-order valence-electron chi connectivity index (χ1n) is 6.89. The van der Waals surface area contributed by atoms with Gasteiger partial charge in [0, 0.05) is 36.9 Å². The second-order valence-electron chi connectivity index (χ2n) is 4.68. The molecule has 0 saturated carbocycles. The smallest absolute Gasteiger partial charge is 0.184 e. The van der Waals surface area contributed by atoms with Gasteiger partial charge in [0.1, 0.15) is 6.54 Å². The molecule has 0 spiro atoms. The van der Waals surface area contributed by atoms with Gasteiger partial charge in [-0.2, -0.15) is 0 Å². The molecule has 1 aromatic heterocycles. The highest BCUT2D eigenvalue weighted by Crippen LogP contribution is 2.09. The Morgan fingerprint density at radius 1 is 1.28 bits per heavy atom. The van der Waals surface area contributed by atoms with Gasteiger partial charge in [-0.05, 0) is 12.5 Å². The molecule has 0 aliphatic carbocycles. The summed E-state index contributed by atoms with van der Waals surface area (Å²) in [6.07, 6.45) is 7.50. The molecule has 0 aromatic carbocycles. The number of carbonyl (C=O) groups is 1. The van der Waals surface area contributed by atoms with E-state index >= 15 is 0 Å². The van der Waals surface area contributed by atoms with Crippen LogP contribution in [0.4, 0.5) is 0 Å². The van der Waals surface area contributed by atoms with Crippen molar-refractivity contribution in [2.75, 3.05) is 0 Å². The molecule has 1 rings (SSSR count). The van der Waals surface area contributed by atoms with Gasteiger partial charge in [0.25, 0.3) is 0 Å². The Labute approximate surface area is 109 Å². The first kappa shape index (κ1) is 14.7. The molecule has 0 amide bonds. The topological polar surface area (TPSA) is 44.0 Å². The van der Waals surface area contributed by atoms with Crippen LogP contribution in [0.2, 0.25) is 0 Å². The van der Waals surface area contributed by atoms with E-state index in [1.807, 2.05) is 12.1 Å². The molecule has 0 fully saturated rings. The van der Waals surface area contributed by atoms with Gasteiger partial charge in [0.15, 0.2) is 11.9 Å². The molecule has 18 heavy (non-hydrogen) atoms. The number of pyridine rings is 1. The molecule has 0 bridgehead atoms. The van der Waals surface area contributed by atoms with Crippen LogP contribution in [0.25, 0.3) is 0 Å². The molecule has 1 heterocycles. The van der Waals surface area contributed by atoms with Crippen LogP contribution in [0.15, 0.2) is 18.3 Å². The monoisotopic (exact) mass is 249 g/mol. The number of rotatable bonds is 8. The predicted molar refractivity (Wildman–Crippen MR) is 68.9 cm³/mol. The highest BCUT2D eigenvalue weighted by atomic mass is 16.4. The maximum atomic E-state index is 10.8. The highest BCUT2D eigenvalue weighted by molar-refractivity contribution is 5.68.